The Morgan fingerprint density at radius 1 is 1.27 bits per heavy atom. The largest absolute Gasteiger partial charge is 0.427 e. The average molecular weight is 368 g/mol. The minimum atomic E-state index is -0.377. The van der Waals surface area contributed by atoms with E-state index in [0.717, 1.165) is 21.3 Å². The van der Waals surface area contributed by atoms with Crippen LogP contribution in [0.1, 0.15) is 18.1 Å². The molecule has 3 aromatic rings. The lowest BCUT2D eigenvalue weighted by Crippen LogP contribution is -2.19. The number of nitrogens with zero attached hydrogens (tertiary/aromatic N) is 2. The van der Waals surface area contributed by atoms with Crippen molar-refractivity contribution < 1.29 is 14.3 Å². The maximum absolute atomic E-state index is 12.0. The number of rotatable bonds is 5. The molecule has 3 rings (SSSR count). The summed E-state index contributed by atoms with van der Waals surface area (Å²) in [6, 6.07) is 12.4. The summed E-state index contributed by atoms with van der Waals surface area (Å²) in [5.41, 5.74) is 10.6. The van der Waals surface area contributed by atoms with Crippen LogP contribution in [0.5, 0.6) is 5.75 Å². The van der Waals surface area contributed by atoms with Crippen molar-refractivity contribution in [1.29, 1.82) is 0 Å². The minimum Gasteiger partial charge on any atom is -0.427 e. The maximum atomic E-state index is 12.0. The summed E-state index contributed by atoms with van der Waals surface area (Å²) >= 11 is 1.39. The Kier molecular flexibility index (Phi) is 5.23. The number of aromatic nitrogens is 1. The van der Waals surface area contributed by atoms with Gasteiger partial charge < -0.3 is 10.5 Å². The predicted octanol–water partition coefficient (Wildman–Crippen LogP) is 2.50. The van der Waals surface area contributed by atoms with Crippen LogP contribution in [-0.2, 0) is 16.0 Å². The van der Waals surface area contributed by atoms with Crippen molar-refractivity contribution in [3.8, 4) is 5.75 Å². The number of nitrogens with one attached hydrogen (secondary N) is 1. The number of carbonyl (C=O) groups is 2. The lowest BCUT2D eigenvalue weighted by molar-refractivity contribution is -0.131. The Labute approximate surface area is 153 Å². The molecule has 0 aliphatic carbocycles. The van der Waals surface area contributed by atoms with Crippen LogP contribution in [0.3, 0.4) is 0 Å². The lowest BCUT2D eigenvalue weighted by atomic mass is 10.1. The first-order valence-corrected chi connectivity index (χ1v) is 8.56. The Morgan fingerprint density at radius 2 is 2.04 bits per heavy atom. The number of thiazole rings is 1. The van der Waals surface area contributed by atoms with E-state index in [0.29, 0.717) is 10.9 Å². The van der Waals surface area contributed by atoms with Gasteiger partial charge in [0.05, 0.1) is 22.9 Å². The maximum Gasteiger partial charge on any atom is 0.308 e. The first kappa shape index (κ1) is 17.6. The van der Waals surface area contributed by atoms with Gasteiger partial charge in [-0.25, -0.2) is 10.4 Å². The Bertz CT molecular complexity index is 980. The predicted molar refractivity (Wildman–Crippen MR) is 101 cm³/mol. The van der Waals surface area contributed by atoms with E-state index < -0.39 is 0 Å². The highest BCUT2D eigenvalue weighted by Crippen LogP contribution is 2.24. The molecule has 1 amide bonds. The number of fused-ring (bicyclic) bond motifs is 1. The van der Waals surface area contributed by atoms with Crippen molar-refractivity contribution in [1.82, 2.24) is 10.4 Å². The second-order valence-electron chi connectivity index (χ2n) is 5.49. The first-order chi connectivity index (χ1) is 12.5. The molecule has 0 saturated heterocycles. The molecular weight excluding hydrogens is 352 g/mol. The Morgan fingerprint density at radius 3 is 2.77 bits per heavy atom. The fraction of sp³-hybridized carbons (Fsp3) is 0.111. The molecule has 0 radical (unpaired) electrons. The second kappa shape index (κ2) is 7.75. The summed E-state index contributed by atoms with van der Waals surface area (Å²) in [6.45, 7) is 1.34. The van der Waals surface area contributed by atoms with Gasteiger partial charge in [0.15, 0.2) is 5.13 Å². The van der Waals surface area contributed by atoms with Crippen molar-refractivity contribution in [2.45, 2.75) is 13.3 Å². The molecule has 26 heavy (non-hydrogen) atoms. The molecule has 0 saturated carbocycles. The molecule has 132 valence electrons. The monoisotopic (exact) mass is 368 g/mol. The van der Waals surface area contributed by atoms with Gasteiger partial charge in [-0.1, -0.05) is 17.4 Å². The third kappa shape index (κ3) is 4.64. The highest BCUT2D eigenvalue weighted by Gasteiger charge is 2.06. The van der Waals surface area contributed by atoms with Crippen LogP contribution >= 0.6 is 11.3 Å². The fourth-order valence-corrected chi connectivity index (χ4v) is 3.09. The molecule has 2 aromatic carbocycles. The molecule has 0 aliphatic heterocycles. The summed E-state index contributed by atoms with van der Waals surface area (Å²) in [7, 11) is 0. The van der Waals surface area contributed by atoms with Crippen molar-refractivity contribution in [3.05, 3.63) is 53.6 Å². The van der Waals surface area contributed by atoms with Crippen molar-refractivity contribution >= 4 is 44.8 Å². The Hall–Kier alpha value is -3.26. The Balaban J connectivity index is 1.55. The van der Waals surface area contributed by atoms with Gasteiger partial charge in [0.2, 0.25) is 5.91 Å². The van der Waals surface area contributed by atoms with Gasteiger partial charge in [-0.3, -0.25) is 9.59 Å². The van der Waals surface area contributed by atoms with E-state index in [2.05, 4.69) is 15.5 Å². The third-order valence-corrected chi connectivity index (χ3v) is 4.23. The number of anilines is 1. The molecule has 0 bridgehead atoms. The van der Waals surface area contributed by atoms with Gasteiger partial charge in [-0.05, 0) is 47.5 Å². The standard InChI is InChI=1S/C18H16N4O3S/c1-11(23)25-14-5-2-12(3-6-14)10-20-22-17(24)9-13-4-7-15-16(8-13)26-18(19)21-15/h2-8,10H,9H2,1H3,(H2,19,21)(H,22,24)/b20-10-. The smallest absolute Gasteiger partial charge is 0.308 e. The van der Waals surface area contributed by atoms with E-state index >= 15 is 0 Å². The van der Waals surface area contributed by atoms with E-state index in [4.69, 9.17) is 10.5 Å². The lowest BCUT2D eigenvalue weighted by Gasteiger charge is -2.02. The SMILES string of the molecule is CC(=O)Oc1ccc(/C=N\NC(=O)Cc2ccc3nc(N)sc3c2)cc1. The van der Waals surface area contributed by atoms with Crippen LogP contribution in [-0.4, -0.2) is 23.1 Å². The molecule has 0 spiro atoms. The molecule has 8 heteroatoms. The summed E-state index contributed by atoms with van der Waals surface area (Å²) in [4.78, 5) is 27.0. The van der Waals surface area contributed by atoms with Gasteiger partial charge in [0.25, 0.3) is 0 Å². The molecule has 3 N–H and O–H groups in total. The first-order valence-electron chi connectivity index (χ1n) is 7.75. The minimum absolute atomic E-state index is 0.205. The number of esters is 1. The average Bonchev–Trinajstić information content (AvgIpc) is 2.95. The van der Waals surface area contributed by atoms with Gasteiger partial charge in [0.1, 0.15) is 5.75 Å². The van der Waals surface area contributed by atoms with Gasteiger partial charge in [-0.15, -0.1) is 0 Å². The number of hydrogen-bond acceptors (Lipinski definition) is 7. The molecule has 0 fully saturated rings. The van der Waals surface area contributed by atoms with Crippen LogP contribution in [0, 0.1) is 0 Å². The van der Waals surface area contributed by atoms with Crippen LogP contribution in [0.4, 0.5) is 5.13 Å². The number of amides is 1. The highest BCUT2D eigenvalue weighted by atomic mass is 32.1. The number of hydrazone groups is 1. The third-order valence-electron chi connectivity index (χ3n) is 3.38. The van der Waals surface area contributed by atoms with E-state index in [-0.39, 0.29) is 18.3 Å². The molecule has 0 atom stereocenters. The van der Waals surface area contributed by atoms with Gasteiger partial charge >= 0.3 is 5.97 Å². The van der Waals surface area contributed by atoms with E-state index in [9.17, 15) is 9.59 Å². The molecule has 1 aromatic heterocycles. The van der Waals surface area contributed by atoms with Crippen LogP contribution in [0.15, 0.2) is 47.6 Å². The zero-order valence-electron chi connectivity index (χ0n) is 13.9. The van der Waals surface area contributed by atoms with Crippen LogP contribution < -0.4 is 15.9 Å². The number of nitrogen functional groups attached to an aromatic ring is 1. The molecular formula is C18H16N4O3S. The zero-order valence-corrected chi connectivity index (χ0v) is 14.7. The molecule has 7 nitrogen and oxygen atoms in total. The number of nitrogens with two attached hydrogens (primary N) is 1. The van der Waals surface area contributed by atoms with E-state index in [1.54, 1.807) is 24.3 Å². The number of benzene rings is 2. The molecule has 0 aliphatic rings. The number of hydrogen-bond donors (Lipinski definition) is 2. The van der Waals surface area contributed by atoms with Gasteiger partial charge in [-0.2, -0.15) is 5.10 Å². The summed E-state index contributed by atoms with van der Waals surface area (Å²) in [6.07, 6.45) is 1.72. The van der Waals surface area contributed by atoms with Crippen molar-refractivity contribution in [2.75, 3.05) is 5.73 Å². The van der Waals surface area contributed by atoms with E-state index in [1.165, 1.54) is 24.5 Å². The highest BCUT2D eigenvalue weighted by molar-refractivity contribution is 7.22. The quantitative estimate of drug-likeness (QED) is 0.311. The summed E-state index contributed by atoms with van der Waals surface area (Å²) in [5.74, 6) is -0.148. The van der Waals surface area contributed by atoms with E-state index in [1.807, 2.05) is 18.2 Å². The second-order valence-corrected chi connectivity index (χ2v) is 6.55. The van der Waals surface area contributed by atoms with Crippen molar-refractivity contribution in [2.24, 2.45) is 5.10 Å². The summed E-state index contributed by atoms with van der Waals surface area (Å²) < 4.78 is 5.89. The van der Waals surface area contributed by atoms with Crippen molar-refractivity contribution in [3.63, 3.8) is 0 Å². The zero-order chi connectivity index (χ0) is 18.5. The topological polar surface area (TPSA) is 107 Å². The fourth-order valence-electron chi connectivity index (χ4n) is 2.29. The molecule has 0 unspecified atom stereocenters. The van der Waals surface area contributed by atoms with Crippen LogP contribution in [0.25, 0.3) is 10.2 Å². The molecule has 1 heterocycles. The normalized spacial score (nSPS) is 11.0. The number of carbonyl (C=O) groups excluding carboxylic acids is 2. The van der Waals surface area contributed by atoms with Gasteiger partial charge in [0, 0.05) is 6.92 Å². The number of ether oxygens (including phenoxy) is 1. The summed E-state index contributed by atoms with van der Waals surface area (Å²) in [5, 5.41) is 4.44. The van der Waals surface area contributed by atoms with Crippen LogP contribution in [0.2, 0.25) is 0 Å².